The molecule has 0 aromatic carbocycles. The van der Waals surface area contributed by atoms with Crippen LogP contribution < -0.4 is 0 Å². The molecule has 0 N–H and O–H groups in total. The second-order valence-corrected chi connectivity index (χ2v) is 5.53. The lowest BCUT2D eigenvalue weighted by Gasteiger charge is -2.21. The maximum Gasteiger partial charge on any atom is 0.283 e. The number of hydrogen-bond donors (Lipinski definition) is 0. The van der Waals surface area contributed by atoms with Crippen molar-refractivity contribution in [3.8, 4) is 11.7 Å². The number of hydrogen-bond acceptors (Lipinski definition) is 5. The van der Waals surface area contributed by atoms with Gasteiger partial charge in [0.15, 0.2) is 5.76 Å². The van der Waals surface area contributed by atoms with Gasteiger partial charge in [-0.15, -0.1) is 10.2 Å². The fourth-order valence-corrected chi connectivity index (χ4v) is 2.24. The highest BCUT2D eigenvalue weighted by Gasteiger charge is 2.30. The van der Waals surface area contributed by atoms with Gasteiger partial charge in [0.1, 0.15) is 0 Å². The smallest absolute Gasteiger partial charge is 0.283 e. The SMILES string of the molecule is CC(C)CN(Cc1nnc(-c2ccco2)o1)C1CC1. The molecule has 0 radical (unpaired) electrons. The number of furan rings is 1. The molecule has 3 rings (SSSR count). The van der Waals surface area contributed by atoms with Crippen LogP contribution in [0.15, 0.2) is 27.2 Å². The Morgan fingerprint density at radius 3 is 2.84 bits per heavy atom. The molecule has 1 fully saturated rings. The maximum absolute atomic E-state index is 5.66. The fraction of sp³-hybridized carbons (Fsp3) is 0.571. The quantitative estimate of drug-likeness (QED) is 0.800. The van der Waals surface area contributed by atoms with E-state index >= 15 is 0 Å². The largest absolute Gasteiger partial charge is 0.459 e. The lowest BCUT2D eigenvalue weighted by molar-refractivity contribution is 0.205. The third-order valence-electron chi connectivity index (χ3n) is 3.20. The van der Waals surface area contributed by atoms with Crippen LogP contribution in [0.5, 0.6) is 0 Å². The lowest BCUT2D eigenvalue weighted by atomic mass is 10.2. The molecule has 0 bridgehead atoms. The normalized spacial score (nSPS) is 15.6. The van der Waals surface area contributed by atoms with Gasteiger partial charge in [0.2, 0.25) is 5.89 Å². The van der Waals surface area contributed by atoms with Gasteiger partial charge < -0.3 is 8.83 Å². The second-order valence-electron chi connectivity index (χ2n) is 5.53. The second kappa shape index (κ2) is 5.17. The van der Waals surface area contributed by atoms with E-state index in [1.165, 1.54) is 12.8 Å². The maximum atomic E-state index is 5.66. The first-order chi connectivity index (χ1) is 9.22. The van der Waals surface area contributed by atoms with Crippen molar-refractivity contribution in [2.45, 2.75) is 39.3 Å². The van der Waals surface area contributed by atoms with Crippen LogP contribution in [0.25, 0.3) is 11.7 Å². The van der Waals surface area contributed by atoms with E-state index in [4.69, 9.17) is 8.83 Å². The Hall–Kier alpha value is -1.62. The summed E-state index contributed by atoms with van der Waals surface area (Å²) < 4.78 is 10.9. The number of nitrogens with zero attached hydrogens (tertiary/aromatic N) is 3. The zero-order valence-electron chi connectivity index (χ0n) is 11.4. The Labute approximate surface area is 112 Å². The molecule has 2 aromatic heterocycles. The Balaban J connectivity index is 1.68. The van der Waals surface area contributed by atoms with Crippen molar-refractivity contribution >= 4 is 0 Å². The number of rotatable bonds is 6. The van der Waals surface area contributed by atoms with Crippen molar-refractivity contribution in [1.82, 2.24) is 15.1 Å². The molecule has 1 saturated carbocycles. The zero-order valence-corrected chi connectivity index (χ0v) is 11.4. The third-order valence-corrected chi connectivity index (χ3v) is 3.20. The lowest BCUT2D eigenvalue weighted by Crippen LogP contribution is -2.29. The van der Waals surface area contributed by atoms with Crippen molar-refractivity contribution in [2.75, 3.05) is 6.54 Å². The monoisotopic (exact) mass is 261 g/mol. The van der Waals surface area contributed by atoms with E-state index in [9.17, 15) is 0 Å². The standard InChI is InChI=1S/C14H19N3O2/c1-10(2)8-17(11-5-6-11)9-13-15-16-14(19-13)12-4-3-7-18-12/h3-4,7,10-11H,5-6,8-9H2,1-2H3. The van der Waals surface area contributed by atoms with Gasteiger partial charge >= 0.3 is 0 Å². The average molecular weight is 261 g/mol. The molecule has 0 unspecified atom stereocenters. The molecule has 0 saturated heterocycles. The molecule has 5 nitrogen and oxygen atoms in total. The molecule has 102 valence electrons. The van der Waals surface area contributed by atoms with Crippen LogP contribution in [0.1, 0.15) is 32.6 Å². The summed E-state index contributed by atoms with van der Waals surface area (Å²) in [5.74, 6) is 2.40. The van der Waals surface area contributed by atoms with Gasteiger partial charge in [-0.3, -0.25) is 4.90 Å². The third kappa shape index (κ3) is 3.04. The van der Waals surface area contributed by atoms with Crippen LogP contribution in [-0.4, -0.2) is 27.7 Å². The van der Waals surface area contributed by atoms with E-state index in [2.05, 4.69) is 28.9 Å². The molecule has 1 aliphatic carbocycles. The van der Waals surface area contributed by atoms with Gasteiger partial charge in [0.25, 0.3) is 5.89 Å². The van der Waals surface area contributed by atoms with Crippen molar-refractivity contribution in [1.29, 1.82) is 0 Å². The number of aromatic nitrogens is 2. The molecule has 19 heavy (non-hydrogen) atoms. The van der Waals surface area contributed by atoms with E-state index < -0.39 is 0 Å². The summed E-state index contributed by atoms with van der Waals surface area (Å²) in [4.78, 5) is 2.43. The van der Waals surface area contributed by atoms with Crippen molar-refractivity contribution in [3.63, 3.8) is 0 Å². The molecule has 2 aromatic rings. The van der Waals surface area contributed by atoms with Gasteiger partial charge in [-0.2, -0.15) is 0 Å². The van der Waals surface area contributed by atoms with Gasteiger partial charge in [0, 0.05) is 12.6 Å². The highest BCUT2D eigenvalue weighted by molar-refractivity contribution is 5.42. The van der Waals surface area contributed by atoms with Crippen LogP contribution in [0.2, 0.25) is 0 Å². The summed E-state index contributed by atoms with van der Waals surface area (Å²) in [6.45, 7) is 6.27. The van der Waals surface area contributed by atoms with Crippen molar-refractivity contribution in [2.24, 2.45) is 5.92 Å². The molecule has 0 atom stereocenters. The zero-order chi connectivity index (χ0) is 13.2. The summed E-state index contributed by atoms with van der Waals surface area (Å²) in [5.41, 5.74) is 0. The van der Waals surface area contributed by atoms with Gasteiger partial charge in [-0.05, 0) is 30.9 Å². The molecule has 2 heterocycles. The van der Waals surface area contributed by atoms with E-state index in [-0.39, 0.29) is 0 Å². The van der Waals surface area contributed by atoms with E-state index in [0.717, 1.165) is 13.1 Å². The Morgan fingerprint density at radius 1 is 1.37 bits per heavy atom. The van der Waals surface area contributed by atoms with Crippen LogP contribution in [0.3, 0.4) is 0 Å². The van der Waals surface area contributed by atoms with Crippen LogP contribution >= 0.6 is 0 Å². The van der Waals surface area contributed by atoms with Crippen LogP contribution in [0, 0.1) is 5.92 Å². The van der Waals surface area contributed by atoms with E-state index in [0.29, 0.717) is 29.5 Å². The summed E-state index contributed by atoms with van der Waals surface area (Å²) in [6.07, 6.45) is 4.17. The fourth-order valence-electron chi connectivity index (χ4n) is 2.24. The summed E-state index contributed by atoms with van der Waals surface area (Å²) in [5, 5.41) is 8.14. The topological polar surface area (TPSA) is 55.3 Å². The molecule has 5 heteroatoms. The van der Waals surface area contributed by atoms with Crippen LogP contribution in [0.4, 0.5) is 0 Å². The summed E-state index contributed by atoms with van der Waals surface area (Å²) in [7, 11) is 0. The molecule has 1 aliphatic rings. The minimum Gasteiger partial charge on any atom is -0.459 e. The minimum atomic E-state index is 0.459. The highest BCUT2D eigenvalue weighted by Crippen LogP contribution is 2.29. The summed E-state index contributed by atoms with van der Waals surface area (Å²) in [6, 6.07) is 4.33. The molecule has 0 spiro atoms. The predicted octanol–water partition coefficient (Wildman–Crippen LogP) is 2.95. The minimum absolute atomic E-state index is 0.459. The predicted molar refractivity (Wildman–Crippen MR) is 70.3 cm³/mol. The Morgan fingerprint density at radius 2 is 2.21 bits per heavy atom. The summed E-state index contributed by atoms with van der Waals surface area (Å²) >= 11 is 0. The van der Waals surface area contributed by atoms with Crippen molar-refractivity contribution < 1.29 is 8.83 Å². The van der Waals surface area contributed by atoms with Gasteiger partial charge in [-0.1, -0.05) is 13.8 Å². The first-order valence-electron chi connectivity index (χ1n) is 6.82. The average Bonchev–Trinajstić information content (AvgIpc) is 2.89. The molecule has 0 amide bonds. The van der Waals surface area contributed by atoms with E-state index in [1.807, 2.05) is 12.1 Å². The first-order valence-corrected chi connectivity index (χ1v) is 6.82. The van der Waals surface area contributed by atoms with Gasteiger partial charge in [0.05, 0.1) is 12.8 Å². The molecular weight excluding hydrogens is 242 g/mol. The molecular formula is C14H19N3O2. The molecule has 0 aliphatic heterocycles. The first kappa shape index (κ1) is 12.4. The van der Waals surface area contributed by atoms with Crippen LogP contribution in [-0.2, 0) is 6.54 Å². The van der Waals surface area contributed by atoms with E-state index in [1.54, 1.807) is 6.26 Å². The Bertz CT molecular complexity index is 515. The highest BCUT2D eigenvalue weighted by atomic mass is 16.4. The van der Waals surface area contributed by atoms with Crippen molar-refractivity contribution in [3.05, 3.63) is 24.3 Å². The van der Waals surface area contributed by atoms with Gasteiger partial charge in [-0.25, -0.2) is 0 Å². The Kier molecular flexibility index (Phi) is 3.38.